The second-order valence-electron chi connectivity index (χ2n) is 9.18. The van der Waals surface area contributed by atoms with Gasteiger partial charge in [0.05, 0.1) is 0 Å². The molecule has 2 aliphatic heterocycles. The average Bonchev–Trinajstić information content (AvgIpc) is 2.68. The van der Waals surface area contributed by atoms with Crippen molar-refractivity contribution in [1.82, 2.24) is 14.7 Å². The Labute approximate surface area is 183 Å². The number of hydrogen-bond donors (Lipinski definition) is 0. The molecule has 0 aliphatic carbocycles. The molecule has 7 nitrogen and oxygen atoms in total. The molecule has 1 aromatic carbocycles. The predicted molar refractivity (Wildman–Crippen MR) is 116 cm³/mol. The second kappa shape index (κ2) is 9.99. The van der Waals surface area contributed by atoms with Crippen molar-refractivity contribution in [3.05, 3.63) is 23.8 Å². The minimum Gasteiger partial charge on any atom is -0.492 e. The van der Waals surface area contributed by atoms with Crippen LogP contribution in [0.15, 0.2) is 12.1 Å². The number of rotatable bonds is 5. The van der Waals surface area contributed by atoms with Gasteiger partial charge in [-0.25, -0.2) is 13.6 Å². The van der Waals surface area contributed by atoms with Gasteiger partial charge in [-0.05, 0) is 27.8 Å². The van der Waals surface area contributed by atoms with E-state index >= 15 is 0 Å². The fraction of sp³-hybridized carbons (Fsp3) is 0.682. The highest BCUT2D eigenvalue weighted by molar-refractivity contribution is 5.68. The highest BCUT2D eigenvalue weighted by Gasteiger charge is 2.28. The van der Waals surface area contributed by atoms with Crippen molar-refractivity contribution in [2.75, 3.05) is 77.5 Å². The van der Waals surface area contributed by atoms with Crippen LogP contribution < -0.4 is 9.64 Å². The van der Waals surface area contributed by atoms with Crippen molar-refractivity contribution in [2.24, 2.45) is 0 Å². The van der Waals surface area contributed by atoms with E-state index in [0.29, 0.717) is 32.8 Å². The lowest BCUT2D eigenvalue weighted by molar-refractivity contribution is 0.0240. The molecule has 0 aromatic heterocycles. The molecule has 0 saturated carbocycles. The van der Waals surface area contributed by atoms with Crippen LogP contribution in [0.25, 0.3) is 0 Å². The van der Waals surface area contributed by atoms with Gasteiger partial charge in [-0.15, -0.1) is 0 Å². The number of piperazine rings is 2. The predicted octanol–water partition coefficient (Wildman–Crippen LogP) is 2.65. The van der Waals surface area contributed by atoms with Gasteiger partial charge in [0.15, 0.2) is 11.6 Å². The van der Waals surface area contributed by atoms with Crippen molar-refractivity contribution in [3.63, 3.8) is 0 Å². The summed E-state index contributed by atoms with van der Waals surface area (Å²) in [7, 11) is 2.10. The van der Waals surface area contributed by atoms with E-state index in [1.54, 1.807) is 30.6 Å². The first-order chi connectivity index (χ1) is 14.6. The van der Waals surface area contributed by atoms with Crippen molar-refractivity contribution < 1.29 is 23.0 Å². The lowest BCUT2D eigenvalue weighted by atomic mass is 10.2. The van der Waals surface area contributed by atoms with Crippen LogP contribution in [0, 0.1) is 11.6 Å². The number of amides is 1. The van der Waals surface area contributed by atoms with Crippen LogP contribution in [0.2, 0.25) is 0 Å². The summed E-state index contributed by atoms with van der Waals surface area (Å²) < 4.78 is 40.4. The zero-order valence-corrected chi connectivity index (χ0v) is 19.0. The maximum atomic E-state index is 14.7. The third-order valence-electron chi connectivity index (χ3n) is 5.51. The molecular weight excluding hydrogens is 406 g/mol. The zero-order chi connectivity index (χ0) is 22.6. The van der Waals surface area contributed by atoms with E-state index in [-0.39, 0.29) is 11.4 Å². The standard InChI is InChI=1S/C22H34F2N4O3/c1-22(2,3)31-21(29)28-11-9-27(10-12-28)20-18(23)15-17(16-19(20)24)30-14-13-26-7-5-25(4)6-8-26/h15-16H,5-14H2,1-4H3. The van der Waals surface area contributed by atoms with Crippen LogP contribution in [-0.2, 0) is 4.74 Å². The van der Waals surface area contributed by atoms with Gasteiger partial charge in [-0.1, -0.05) is 0 Å². The van der Waals surface area contributed by atoms with Gasteiger partial charge in [-0.2, -0.15) is 0 Å². The molecule has 1 amide bonds. The molecular formula is C22H34F2N4O3. The Hall–Kier alpha value is -2.13. The first kappa shape index (κ1) is 23.5. The van der Waals surface area contributed by atoms with E-state index in [0.717, 1.165) is 32.7 Å². The Kier molecular flexibility index (Phi) is 7.59. The smallest absolute Gasteiger partial charge is 0.410 e. The van der Waals surface area contributed by atoms with Gasteiger partial charge in [0.25, 0.3) is 0 Å². The van der Waals surface area contributed by atoms with Crippen molar-refractivity contribution in [2.45, 2.75) is 26.4 Å². The monoisotopic (exact) mass is 440 g/mol. The number of carbonyl (C=O) groups is 1. The van der Waals surface area contributed by atoms with Gasteiger partial charge in [0.2, 0.25) is 0 Å². The summed E-state index contributed by atoms with van der Waals surface area (Å²) in [6, 6.07) is 2.48. The molecule has 0 radical (unpaired) electrons. The topological polar surface area (TPSA) is 48.5 Å². The molecule has 1 aromatic rings. The molecule has 174 valence electrons. The first-order valence-corrected chi connectivity index (χ1v) is 10.9. The Balaban J connectivity index is 1.52. The minimum atomic E-state index is -0.652. The zero-order valence-electron chi connectivity index (χ0n) is 19.0. The van der Waals surface area contributed by atoms with Crippen LogP contribution in [0.5, 0.6) is 5.75 Å². The fourth-order valence-corrected chi connectivity index (χ4v) is 3.73. The molecule has 2 heterocycles. The Morgan fingerprint density at radius 2 is 1.55 bits per heavy atom. The summed E-state index contributed by atoms with van der Waals surface area (Å²) in [5, 5.41) is 0. The number of likely N-dealkylation sites (N-methyl/N-ethyl adjacent to an activating group) is 1. The first-order valence-electron chi connectivity index (χ1n) is 10.9. The normalized spacial score (nSPS) is 18.9. The molecule has 2 fully saturated rings. The maximum absolute atomic E-state index is 14.7. The van der Waals surface area contributed by atoms with Gasteiger partial charge < -0.3 is 24.2 Å². The number of ether oxygens (including phenoxy) is 2. The Bertz CT molecular complexity index is 733. The highest BCUT2D eigenvalue weighted by Crippen LogP contribution is 2.29. The summed E-state index contributed by atoms with van der Waals surface area (Å²) in [5.74, 6) is -1.11. The van der Waals surface area contributed by atoms with Crippen LogP contribution in [0.1, 0.15) is 20.8 Å². The molecule has 0 N–H and O–H groups in total. The molecule has 0 unspecified atom stereocenters. The molecule has 0 atom stereocenters. The summed E-state index contributed by atoms with van der Waals surface area (Å²) in [4.78, 5) is 19.9. The molecule has 31 heavy (non-hydrogen) atoms. The molecule has 2 aliphatic rings. The summed E-state index contributed by atoms with van der Waals surface area (Å²) >= 11 is 0. The second-order valence-corrected chi connectivity index (χ2v) is 9.18. The van der Waals surface area contributed by atoms with Crippen molar-refractivity contribution in [1.29, 1.82) is 0 Å². The van der Waals surface area contributed by atoms with Crippen LogP contribution in [0.3, 0.4) is 0 Å². The van der Waals surface area contributed by atoms with Crippen LogP contribution >= 0.6 is 0 Å². The SMILES string of the molecule is CN1CCN(CCOc2cc(F)c(N3CCN(C(=O)OC(C)(C)C)CC3)c(F)c2)CC1. The molecule has 0 bridgehead atoms. The van der Waals surface area contributed by atoms with Crippen molar-refractivity contribution in [3.8, 4) is 5.75 Å². The number of benzene rings is 1. The third-order valence-corrected chi connectivity index (χ3v) is 5.51. The quantitative estimate of drug-likeness (QED) is 0.702. The lowest BCUT2D eigenvalue weighted by Crippen LogP contribution is -2.50. The van der Waals surface area contributed by atoms with Gasteiger partial charge >= 0.3 is 6.09 Å². The molecule has 2 saturated heterocycles. The molecule has 3 rings (SSSR count). The average molecular weight is 441 g/mol. The number of anilines is 1. The van der Waals surface area contributed by atoms with Crippen molar-refractivity contribution >= 4 is 11.8 Å². The van der Waals surface area contributed by atoms with Gasteiger partial charge in [0, 0.05) is 71.0 Å². The number of halogens is 2. The summed E-state index contributed by atoms with van der Waals surface area (Å²) in [5.41, 5.74) is -0.651. The van der Waals surface area contributed by atoms with E-state index in [9.17, 15) is 13.6 Å². The Morgan fingerprint density at radius 1 is 0.968 bits per heavy atom. The Morgan fingerprint density at radius 3 is 2.10 bits per heavy atom. The van der Waals surface area contributed by atoms with E-state index in [2.05, 4.69) is 16.8 Å². The largest absolute Gasteiger partial charge is 0.492 e. The van der Waals surface area contributed by atoms with Gasteiger partial charge in [0.1, 0.15) is 23.6 Å². The highest BCUT2D eigenvalue weighted by atomic mass is 19.1. The lowest BCUT2D eigenvalue weighted by Gasteiger charge is -2.37. The summed E-state index contributed by atoms with van der Waals surface area (Å²) in [6.45, 7) is 11.8. The van der Waals surface area contributed by atoms with Gasteiger partial charge in [-0.3, -0.25) is 4.90 Å². The third kappa shape index (κ3) is 6.67. The number of carbonyl (C=O) groups excluding carboxylic acids is 1. The fourth-order valence-electron chi connectivity index (χ4n) is 3.73. The number of nitrogens with zero attached hydrogens (tertiary/aromatic N) is 4. The number of hydrogen-bond acceptors (Lipinski definition) is 6. The van der Waals surface area contributed by atoms with E-state index < -0.39 is 23.3 Å². The maximum Gasteiger partial charge on any atom is 0.410 e. The summed E-state index contributed by atoms with van der Waals surface area (Å²) in [6.07, 6.45) is -0.405. The van der Waals surface area contributed by atoms with Crippen LogP contribution in [0.4, 0.5) is 19.3 Å². The van der Waals surface area contributed by atoms with Crippen LogP contribution in [-0.4, -0.2) is 99.0 Å². The molecule has 0 spiro atoms. The van der Waals surface area contributed by atoms with E-state index in [1.165, 1.54) is 12.1 Å². The minimum absolute atomic E-state index is 0.0738. The molecule has 9 heteroatoms. The van der Waals surface area contributed by atoms with E-state index in [1.807, 2.05) is 0 Å². The van der Waals surface area contributed by atoms with E-state index in [4.69, 9.17) is 9.47 Å².